The van der Waals surface area contributed by atoms with Crippen molar-refractivity contribution in [1.82, 2.24) is 10.3 Å². The third kappa shape index (κ3) is 3.62. The van der Waals surface area contributed by atoms with Gasteiger partial charge in [0.25, 0.3) is 5.91 Å². The molecule has 0 unspecified atom stereocenters. The predicted octanol–water partition coefficient (Wildman–Crippen LogP) is 2.65. The molecule has 30 heavy (non-hydrogen) atoms. The van der Waals surface area contributed by atoms with Gasteiger partial charge in [0.1, 0.15) is 10.6 Å². The van der Waals surface area contributed by atoms with Crippen molar-refractivity contribution in [3.05, 3.63) is 78.5 Å². The Balaban J connectivity index is 1.69. The highest BCUT2D eigenvalue weighted by Gasteiger charge is 2.38. The van der Waals surface area contributed by atoms with Crippen molar-refractivity contribution >= 4 is 32.3 Å². The Morgan fingerprint density at radius 1 is 1.07 bits per heavy atom. The number of nitrogens with one attached hydrogen (secondary N) is 1. The summed E-state index contributed by atoms with van der Waals surface area (Å²) < 4.78 is 31.3. The van der Waals surface area contributed by atoms with Crippen molar-refractivity contribution in [2.45, 2.75) is 11.4 Å². The molecule has 0 saturated carbocycles. The Kier molecular flexibility index (Phi) is 5.20. The zero-order valence-electron chi connectivity index (χ0n) is 16.0. The van der Waals surface area contributed by atoms with E-state index in [0.717, 1.165) is 5.56 Å². The van der Waals surface area contributed by atoms with Crippen LogP contribution in [0.2, 0.25) is 0 Å². The number of nitrogens with zero attached hydrogens (tertiary/aromatic N) is 3. The monoisotopic (exact) mass is 422 g/mol. The zero-order chi connectivity index (χ0) is 21.1. The van der Waals surface area contributed by atoms with E-state index in [1.54, 1.807) is 55.6 Å². The number of carbonyl (C=O) groups excluding carboxylic acids is 1. The van der Waals surface area contributed by atoms with Gasteiger partial charge in [-0.3, -0.25) is 4.79 Å². The van der Waals surface area contributed by atoms with E-state index in [0.29, 0.717) is 11.4 Å². The fraction of sp³-hybridized carbons (Fsp3) is 0.0952. The standard InChI is InChI=1S/C21H18N4O4S/c1-29-17-10-5-7-15(13-17)14-23-20(26)21-24-25(16-8-3-2-4-9-16)19-18(30(21,27)28)11-6-12-22-19/h2-13H,14H2,1H3,(H,23,26). The predicted molar refractivity (Wildman–Crippen MR) is 112 cm³/mol. The van der Waals surface area contributed by atoms with Gasteiger partial charge in [0.15, 0.2) is 5.82 Å². The number of hydrogen-bond donors (Lipinski definition) is 1. The van der Waals surface area contributed by atoms with E-state index in [2.05, 4.69) is 15.4 Å². The number of anilines is 2. The highest BCUT2D eigenvalue weighted by atomic mass is 32.2. The van der Waals surface area contributed by atoms with Crippen LogP contribution in [-0.2, 0) is 21.2 Å². The average molecular weight is 422 g/mol. The van der Waals surface area contributed by atoms with Gasteiger partial charge >= 0.3 is 0 Å². The zero-order valence-corrected chi connectivity index (χ0v) is 16.8. The number of sulfone groups is 1. The molecular formula is C21H18N4O4S. The third-order valence-electron chi connectivity index (χ3n) is 4.47. The van der Waals surface area contributed by atoms with E-state index >= 15 is 0 Å². The topological polar surface area (TPSA) is 101 Å². The van der Waals surface area contributed by atoms with Crippen LogP contribution in [0.15, 0.2) is 82.9 Å². The van der Waals surface area contributed by atoms with Crippen molar-refractivity contribution in [3.63, 3.8) is 0 Å². The second-order valence-corrected chi connectivity index (χ2v) is 8.25. The number of methoxy groups -OCH3 is 1. The molecule has 9 heteroatoms. The Morgan fingerprint density at radius 2 is 1.87 bits per heavy atom. The first-order chi connectivity index (χ1) is 14.5. The van der Waals surface area contributed by atoms with Crippen molar-refractivity contribution in [2.24, 2.45) is 5.10 Å². The molecule has 1 amide bonds. The van der Waals surface area contributed by atoms with Crippen LogP contribution in [0.25, 0.3) is 0 Å². The number of amides is 1. The lowest BCUT2D eigenvalue weighted by molar-refractivity contribution is -0.114. The summed E-state index contributed by atoms with van der Waals surface area (Å²) in [5.41, 5.74) is 1.35. The smallest absolute Gasteiger partial charge is 0.284 e. The molecule has 8 nitrogen and oxygen atoms in total. The van der Waals surface area contributed by atoms with Gasteiger partial charge in [0.2, 0.25) is 14.9 Å². The highest BCUT2D eigenvalue weighted by Crippen LogP contribution is 2.34. The minimum absolute atomic E-state index is 0.0737. The molecule has 1 N–H and O–H groups in total. The number of fused-ring (bicyclic) bond motifs is 1. The molecule has 0 spiro atoms. The number of aromatic nitrogens is 1. The number of hydrazone groups is 1. The maximum atomic E-state index is 13.1. The summed E-state index contributed by atoms with van der Waals surface area (Å²) in [6.45, 7) is 0.121. The van der Waals surface area contributed by atoms with Crippen LogP contribution < -0.4 is 15.1 Å². The number of hydrogen-bond acceptors (Lipinski definition) is 7. The second kappa shape index (κ2) is 7.96. The summed E-state index contributed by atoms with van der Waals surface area (Å²) in [4.78, 5) is 16.9. The first-order valence-corrected chi connectivity index (χ1v) is 10.5. The van der Waals surface area contributed by atoms with Crippen molar-refractivity contribution < 1.29 is 17.9 Å². The molecule has 1 aromatic heterocycles. The molecule has 2 aromatic carbocycles. The van der Waals surface area contributed by atoms with Crippen molar-refractivity contribution in [3.8, 4) is 5.75 Å². The lowest BCUT2D eigenvalue weighted by Gasteiger charge is -2.25. The van der Waals surface area contributed by atoms with Crippen LogP contribution >= 0.6 is 0 Å². The summed E-state index contributed by atoms with van der Waals surface area (Å²) in [6.07, 6.45) is 1.48. The summed E-state index contributed by atoms with van der Waals surface area (Å²) in [7, 11) is -2.58. The fourth-order valence-electron chi connectivity index (χ4n) is 3.00. The van der Waals surface area contributed by atoms with Gasteiger partial charge in [-0.15, -0.1) is 5.10 Å². The van der Waals surface area contributed by atoms with E-state index < -0.39 is 20.8 Å². The van der Waals surface area contributed by atoms with Crippen LogP contribution in [0, 0.1) is 0 Å². The maximum absolute atomic E-state index is 13.1. The summed E-state index contributed by atoms with van der Waals surface area (Å²) >= 11 is 0. The van der Waals surface area contributed by atoms with Gasteiger partial charge in [-0.1, -0.05) is 30.3 Å². The van der Waals surface area contributed by atoms with Gasteiger partial charge < -0.3 is 10.1 Å². The van der Waals surface area contributed by atoms with Crippen LogP contribution in [0.1, 0.15) is 5.56 Å². The normalized spacial score (nSPS) is 14.4. The van der Waals surface area contributed by atoms with E-state index in [1.165, 1.54) is 23.3 Å². The number of para-hydroxylation sites is 1. The summed E-state index contributed by atoms with van der Waals surface area (Å²) in [5.74, 6) is -0.0130. The van der Waals surface area contributed by atoms with Gasteiger partial charge in [0, 0.05) is 12.7 Å². The molecule has 0 saturated heterocycles. The molecule has 0 atom stereocenters. The number of ether oxygens (including phenoxy) is 1. The molecule has 2 heterocycles. The average Bonchev–Trinajstić information content (AvgIpc) is 2.78. The Bertz CT molecular complexity index is 1230. The Hall–Kier alpha value is -3.72. The molecule has 0 radical (unpaired) electrons. The number of benzene rings is 2. The van der Waals surface area contributed by atoms with Crippen LogP contribution in [0.5, 0.6) is 5.75 Å². The molecule has 0 aliphatic carbocycles. The van der Waals surface area contributed by atoms with Crippen LogP contribution in [-0.4, -0.2) is 31.5 Å². The molecule has 0 fully saturated rings. The van der Waals surface area contributed by atoms with E-state index in [-0.39, 0.29) is 17.3 Å². The van der Waals surface area contributed by atoms with Gasteiger partial charge in [-0.25, -0.2) is 18.4 Å². The van der Waals surface area contributed by atoms with Gasteiger partial charge in [-0.05, 0) is 42.0 Å². The summed E-state index contributed by atoms with van der Waals surface area (Å²) in [5, 5.41) is 7.55. The van der Waals surface area contributed by atoms with Crippen molar-refractivity contribution in [1.29, 1.82) is 0 Å². The quantitative estimate of drug-likeness (QED) is 0.678. The first kappa shape index (κ1) is 19.6. The largest absolute Gasteiger partial charge is 0.497 e. The Morgan fingerprint density at radius 3 is 2.63 bits per heavy atom. The number of carbonyl (C=O) groups is 1. The molecule has 0 bridgehead atoms. The van der Waals surface area contributed by atoms with Gasteiger partial charge in [-0.2, -0.15) is 0 Å². The molecule has 152 valence electrons. The molecule has 4 rings (SSSR count). The Labute approximate surface area is 173 Å². The van der Waals surface area contributed by atoms with Crippen molar-refractivity contribution in [2.75, 3.05) is 12.1 Å². The third-order valence-corrected chi connectivity index (χ3v) is 6.14. The van der Waals surface area contributed by atoms with E-state index in [4.69, 9.17) is 4.74 Å². The molecule has 1 aliphatic heterocycles. The first-order valence-electron chi connectivity index (χ1n) is 9.06. The minimum Gasteiger partial charge on any atom is -0.497 e. The van der Waals surface area contributed by atoms with E-state index in [9.17, 15) is 13.2 Å². The molecule has 3 aromatic rings. The molecule has 1 aliphatic rings. The van der Waals surface area contributed by atoms with Crippen LogP contribution in [0.4, 0.5) is 11.5 Å². The lowest BCUT2D eigenvalue weighted by Crippen LogP contribution is -2.40. The number of rotatable bonds is 5. The van der Waals surface area contributed by atoms with Gasteiger partial charge in [0.05, 0.1) is 12.8 Å². The highest BCUT2D eigenvalue weighted by molar-refractivity contribution is 8.08. The SMILES string of the molecule is COc1cccc(CNC(=O)C2=NN(c3ccccc3)c3ncccc3S2(=O)=O)c1. The maximum Gasteiger partial charge on any atom is 0.284 e. The number of pyridine rings is 1. The minimum atomic E-state index is -4.13. The van der Waals surface area contributed by atoms with E-state index in [1.807, 2.05) is 6.07 Å². The van der Waals surface area contributed by atoms with Crippen LogP contribution in [0.3, 0.4) is 0 Å². The fourth-order valence-corrected chi connectivity index (χ4v) is 4.36. The second-order valence-electron chi connectivity index (χ2n) is 6.42. The molecular weight excluding hydrogens is 404 g/mol. The lowest BCUT2D eigenvalue weighted by atomic mass is 10.2. The summed E-state index contributed by atoms with van der Waals surface area (Å²) in [6, 6.07) is 19.0.